The third-order valence-corrected chi connectivity index (χ3v) is 0. The number of hydrogen-bond acceptors (Lipinski definition) is 0. The van der Waals surface area contributed by atoms with Crippen LogP contribution in [0.5, 0.6) is 0 Å². The molecule has 0 spiro atoms. The molecule has 0 saturated carbocycles. The Hall–Kier alpha value is 1.67. The molecule has 0 aliphatic carbocycles. The molecule has 0 radical (unpaired) electrons. The van der Waals surface area contributed by atoms with Crippen LogP contribution in [-0.2, 0) is 0 Å². The summed E-state index contributed by atoms with van der Waals surface area (Å²) < 4.78 is 0. The van der Waals surface area contributed by atoms with Crippen molar-refractivity contribution in [2.75, 3.05) is 0 Å². The quantitative estimate of drug-likeness (QED) is 0.304. The van der Waals surface area contributed by atoms with E-state index in [0.29, 0.717) is 0 Å². The summed E-state index contributed by atoms with van der Waals surface area (Å²) in [6.45, 7) is 0. The standard InChI is InChI=1S/ClH.Li.H3P.H2S.H/h1H;;1H3;1H2;. The zero-order valence-electron chi connectivity index (χ0n) is 1.62. The molecular formula is H7ClLiPS. The fourth-order valence-electron chi connectivity index (χ4n) is 0. The van der Waals surface area contributed by atoms with E-state index in [9.17, 15) is 0 Å². The molecule has 0 heterocycles. The third-order valence-electron chi connectivity index (χ3n) is 0. The number of halogens is 1. The van der Waals surface area contributed by atoms with Gasteiger partial charge in [-0.15, -0.1) is 12.4 Å². The van der Waals surface area contributed by atoms with Crippen molar-refractivity contribution >= 4 is 54.7 Å². The molecule has 0 saturated heterocycles. The zero-order chi connectivity index (χ0) is 0. The molecule has 4 heavy (non-hydrogen) atoms. The van der Waals surface area contributed by atoms with E-state index in [1.807, 2.05) is 0 Å². The van der Waals surface area contributed by atoms with Gasteiger partial charge in [0.1, 0.15) is 0 Å². The molecule has 0 fully saturated rings. The summed E-state index contributed by atoms with van der Waals surface area (Å²) in [6, 6.07) is 0. The maximum atomic E-state index is 0. The van der Waals surface area contributed by atoms with Gasteiger partial charge in [-0.2, -0.15) is 23.4 Å². The first kappa shape index (κ1) is 44.4. The maximum absolute atomic E-state index is 0. The van der Waals surface area contributed by atoms with Crippen molar-refractivity contribution in [1.82, 2.24) is 0 Å². The molecule has 0 rings (SSSR count). The average molecular weight is 112 g/mol. The molecule has 0 aromatic carbocycles. The molecule has 0 aliphatic rings. The predicted molar refractivity (Wildman–Crippen MR) is 35.9 cm³/mol. The van der Waals surface area contributed by atoms with Crippen LogP contribution < -0.4 is 0 Å². The second-order valence-electron chi connectivity index (χ2n) is 0. The molecule has 0 N–H and O–H groups in total. The van der Waals surface area contributed by atoms with Crippen molar-refractivity contribution in [2.45, 2.75) is 0 Å². The SMILES string of the molecule is Cl.P.S.[LiH]. The van der Waals surface area contributed by atoms with Crippen LogP contribution in [0.1, 0.15) is 0 Å². The van der Waals surface area contributed by atoms with Crippen LogP contribution >= 0.6 is 35.8 Å². The summed E-state index contributed by atoms with van der Waals surface area (Å²) in [5.74, 6) is 0. The van der Waals surface area contributed by atoms with E-state index in [4.69, 9.17) is 0 Å². The molecule has 0 amide bonds. The summed E-state index contributed by atoms with van der Waals surface area (Å²) in [5, 5.41) is 0. The summed E-state index contributed by atoms with van der Waals surface area (Å²) in [7, 11) is 0. The van der Waals surface area contributed by atoms with Gasteiger partial charge in [0.05, 0.1) is 0 Å². The second-order valence-corrected chi connectivity index (χ2v) is 0. The van der Waals surface area contributed by atoms with E-state index in [0.717, 1.165) is 0 Å². The molecule has 0 nitrogen and oxygen atoms in total. The van der Waals surface area contributed by atoms with E-state index in [2.05, 4.69) is 0 Å². The van der Waals surface area contributed by atoms with Gasteiger partial charge in [0, 0.05) is 0 Å². The molecule has 0 aromatic heterocycles. The Morgan fingerprint density at radius 1 is 1.00 bits per heavy atom. The first-order valence-corrected chi connectivity index (χ1v) is 0. The Labute approximate surface area is 54.8 Å². The molecule has 26 valence electrons. The van der Waals surface area contributed by atoms with Crippen LogP contribution in [0.15, 0.2) is 0 Å². The third kappa shape index (κ3) is 9.39. The van der Waals surface area contributed by atoms with Crippen LogP contribution in [0.2, 0.25) is 0 Å². The van der Waals surface area contributed by atoms with Crippen molar-refractivity contribution in [1.29, 1.82) is 0 Å². The molecule has 1 atom stereocenters. The van der Waals surface area contributed by atoms with Gasteiger partial charge in [-0.3, -0.25) is 0 Å². The average Bonchev–Trinajstić information content (AvgIpc) is 0. The van der Waals surface area contributed by atoms with Gasteiger partial charge in [0.15, 0.2) is 0 Å². The van der Waals surface area contributed by atoms with Gasteiger partial charge in [0.25, 0.3) is 0 Å². The molecular weight excluding hydrogens is 105 g/mol. The summed E-state index contributed by atoms with van der Waals surface area (Å²) in [6.07, 6.45) is 0. The normalized spacial score (nSPS) is 0. The van der Waals surface area contributed by atoms with Crippen molar-refractivity contribution in [3.05, 3.63) is 0 Å². The van der Waals surface area contributed by atoms with E-state index in [-0.39, 0.29) is 54.7 Å². The monoisotopic (exact) mass is 112 g/mol. The van der Waals surface area contributed by atoms with Gasteiger partial charge < -0.3 is 0 Å². The topological polar surface area (TPSA) is 0 Å². The first-order chi connectivity index (χ1) is 0. The Morgan fingerprint density at radius 3 is 1.00 bits per heavy atom. The van der Waals surface area contributed by atoms with Gasteiger partial charge in [-0.25, -0.2) is 0 Å². The van der Waals surface area contributed by atoms with Gasteiger partial charge in [-0.05, 0) is 0 Å². The van der Waals surface area contributed by atoms with Gasteiger partial charge in [-0.1, -0.05) is 0 Å². The Bertz CT molecular complexity index is 8.00. The van der Waals surface area contributed by atoms with Crippen LogP contribution in [0.4, 0.5) is 0 Å². The predicted octanol–water partition coefficient (Wildman–Crippen LogP) is -0.0558. The molecule has 0 bridgehead atoms. The first-order valence-electron chi connectivity index (χ1n) is 0. The second kappa shape index (κ2) is 22.6. The van der Waals surface area contributed by atoms with Crippen LogP contribution in [0.25, 0.3) is 0 Å². The fraction of sp³-hybridized carbons (Fsp3) is 0. The zero-order valence-corrected chi connectivity index (χ0v) is 4.85. The summed E-state index contributed by atoms with van der Waals surface area (Å²) in [4.78, 5) is 0. The fourth-order valence-corrected chi connectivity index (χ4v) is 0. The van der Waals surface area contributed by atoms with Crippen LogP contribution in [0.3, 0.4) is 0 Å². The van der Waals surface area contributed by atoms with Crippen LogP contribution in [0, 0.1) is 0 Å². The molecule has 0 aromatic rings. The Balaban J connectivity index is 0. The van der Waals surface area contributed by atoms with Crippen molar-refractivity contribution in [2.24, 2.45) is 0 Å². The van der Waals surface area contributed by atoms with E-state index in [1.54, 1.807) is 0 Å². The Morgan fingerprint density at radius 2 is 1.00 bits per heavy atom. The van der Waals surface area contributed by atoms with Gasteiger partial charge in [0.2, 0.25) is 0 Å². The summed E-state index contributed by atoms with van der Waals surface area (Å²) in [5.41, 5.74) is 0. The van der Waals surface area contributed by atoms with Gasteiger partial charge >= 0.3 is 18.9 Å². The minimum absolute atomic E-state index is 0. The van der Waals surface area contributed by atoms with E-state index in [1.165, 1.54) is 0 Å². The number of rotatable bonds is 0. The number of hydrogen-bond donors (Lipinski definition) is 0. The van der Waals surface area contributed by atoms with E-state index >= 15 is 0 Å². The summed E-state index contributed by atoms with van der Waals surface area (Å²) >= 11 is 0. The Kier molecular flexibility index (Phi) is 251. The van der Waals surface area contributed by atoms with Crippen molar-refractivity contribution in [3.63, 3.8) is 0 Å². The van der Waals surface area contributed by atoms with Crippen molar-refractivity contribution < 1.29 is 0 Å². The minimum atomic E-state index is 0. The molecule has 0 aliphatic heterocycles. The van der Waals surface area contributed by atoms with E-state index < -0.39 is 0 Å². The molecule has 4 heteroatoms. The van der Waals surface area contributed by atoms with Crippen molar-refractivity contribution in [3.8, 4) is 0 Å². The van der Waals surface area contributed by atoms with Crippen LogP contribution in [-0.4, -0.2) is 18.9 Å². The molecule has 1 unspecified atom stereocenters.